The second kappa shape index (κ2) is 4.61. The summed E-state index contributed by atoms with van der Waals surface area (Å²) in [7, 11) is 0. The second-order valence-corrected chi connectivity index (χ2v) is 4.13. The van der Waals surface area contributed by atoms with Crippen molar-refractivity contribution < 1.29 is 15.0 Å². The van der Waals surface area contributed by atoms with Crippen molar-refractivity contribution in [2.45, 2.75) is 45.1 Å². The molecular weight excluding hydrogens is 168 g/mol. The van der Waals surface area contributed by atoms with Gasteiger partial charge < -0.3 is 10.2 Å². The predicted molar refractivity (Wildman–Crippen MR) is 49.4 cm³/mol. The fraction of sp³-hybridized carbons (Fsp3) is 0.900. The lowest BCUT2D eigenvalue weighted by Gasteiger charge is -1.94. The number of rotatable bonds is 2. The van der Waals surface area contributed by atoms with Crippen LogP contribution in [0, 0.1) is 11.8 Å². The molecule has 0 heterocycles. The molecule has 0 aromatic rings. The van der Waals surface area contributed by atoms with Gasteiger partial charge in [0, 0.05) is 0 Å². The maximum absolute atomic E-state index is 9.65. The average Bonchev–Trinajstić information content (AvgIpc) is 2.57. The van der Waals surface area contributed by atoms with Crippen LogP contribution in [0.2, 0.25) is 0 Å². The number of fused-ring (bicyclic) bond motifs is 1. The van der Waals surface area contributed by atoms with E-state index in [9.17, 15) is 4.79 Å². The van der Waals surface area contributed by atoms with Gasteiger partial charge in [-0.2, -0.15) is 0 Å². The van der Waals surface area contributed by atoms with E-state index >= 15 is 0 Å². The summed E-state index contributed by atoms with van der Waals surface area (Å²) >= 11 is 0. The molecule has 2 aliphatic rings. The number of hydrogen-bond donors (Lipinski definition) is 2. The zero-order chi connectivity index (χ0) is 9.84. The second-order valence-electron chi connectivity index (χ2n) is 4.13. The van der Waals surface area contributed by atoms with Crippen LogP contribution in [0.3, 0.4) is 0 Å². The molecule has 13 heavy (non-hydrogen) atoms. The van der Waals surface area contributed by atoms with E-state index in [-0.39, 0.29) is 6.42 Å². The molecule has 2 rings (SSSR count). The quantitative estimate of drug-likeness (QED) is 0.689. The monoisotopic (exact) mass is 186 g/mol. The number of aliphatic hydroxyl groups is 1. The SMILES string of the molecule is C1CC2CC2C1.CC(O)CC(=O)O. The van der Waals surface area contributed by atoms with E-state index in [2.05, 4.69) is 0 Å². The molecule has 0 bridgehead atoms. The minimum absolute atomic E-state index is 0.167. The van der Waals surface area contributed by atoms with Gasteiger partial charge in [-0.25, -0.2) is 0 Å². The smallest absolute Gasteiger partial charge is 0.305 e. The van der Waals surface area contributed by atoms with Gasteiger partial charge in [0.15, 0.2) is 0 Å². The van der Waals surface area contributed by atoms with Crippen LogP contribution in [0.1, 0.15) is 39.0 Å². The zero-order valence-electron chi connectivity index (χ0n) is 8.07. The lowest BCUT2D eigenvalue weighted by Crippen LogP contribution is -2.07. The number of aliphatic carboxylic acids is 1. The first-order valence-electron chi connectivity index (χ1n) is 4.99. The Labute approximate surface area is 78.8 Å². The molecule has 0 aliphatic heterocycles. The summed E-state index contributed by atoms with van der Waals surface area (Å²) in [6.45, 7) is 1.44. The van der Waals surface area contributed by atoms with Gasteiger partial charge in [-0.3, -0.25) is 4.79 Å². The largest absolute Gasteiger partial charge is 0.481 e. The molecule has 0 amide bonds. The third-order valence-electron chi connectivity index (χ3n) is 2.69. The molecule has 0 aromatic heterocycles. The first-order valence-corrected chi connectivity index (χ1v) is 4.99. The molecule has 0 saturated heterocycles. The number of carbonyl (C=O) groups is 1. The van der Waals surface area contributed by atoms with Crippen molar-refractivity contribution >= 4 is 5.97 Å². The van der Waals surface area contributed by atoms with Crippen LogP contribution >= 0.6 is 0 Å². The van der Waals surface area contributed by atoms with Crippen LogP contribution in [0.25, 0.3) is 0 Å². The number of hydrogen-bond acceptors (Lipinski definition) is 2. The minimum Gasteiger partial charge on any atom is -0.481 e. The molecular formula is C10H18O3. The maximum Gasteiger partial charge on any atom is 0.305 e. The first-order chi connectivity index (χ1) is 6.09. The minimum atomic E-state index is -0.963. The predicted octanol–water partition coefficient (Wildman–Crippen LogP) is 1.65. The fourth-order valence-corrected chi connectivity index (χ4v) is 1.91. The highest BCUT2D eigenvalue weighted by Crippen LogP contribution is 2.51. The molecule has 0 radical (unpaired) electrons. The highest BCUT2D eigenvalue weighted by Gasteiger charge is 2.40. The third-order valence-corrected chi connectivity index (χ3v) is 2.69. The van der Waals surface area contributed by atoms with Crippen LogP contribution in [-0.2, 0) is 4.79 Å². The normalized spacial score (nSPS) is 31.2. The van der Waals surface area contributed by atoms with Crippen molar-refractivity contribution in [3.8, 4) is 0 Å². The maximum atomic E-state index is 9.65. The van der Waals surface area contributed by atoms with Gasteiger partial charge >= 0.3 is 5.97 Å². The van der Waals surface area contributed by atoms with Gasteiger partial charge in [0.05, 0.1) is 12.5 Å². The van der Waals surface area contributed by atoms with Gasteiger partial charge in [0.25, 0.3) is 0 Å². The van der Waals surface area contributed by atoms with E-state index in [1.807, 2.05) is 0 Å². The highest BCUT2D eigenvalue weighted by atomic mass is 16.4. The summed E-state index contributed by atoms with van der Waals surface area (Å²) in [5, 5.41) is 16.3. The Hall–Kier alpha value is -0.570. The van der Waals surface area contributed by atoms with Gasteiger partial charge in [0.2, 0.25) is 0 Å². The van der Waals surface area contributed by atoms with Gasteiger partial charge in [0.1, 0.15) is 0 Å². The summed E-state index contributed by atoms with van der Waals surface area (Å²) in [4.78, 5) is 9.65. The molecule has 2 saturated carbocycles. The first kappa shape index (κ1) is 10.5. The number of carboxylic acid groups (broad SMARTS) is 1. The molecule has 3 unspecified atom stereocenters. The molecule has 2 fully saturated rings. The topological polar surface area (TPSA) is 57.5 Å². The molecule has 3 heteroatoms. The summed E-state index contributed by atoms with van der Waals surface area (Å²) < 4.78 is 0. The van der Waals surface area contributed by atoms with Crippen molar-refractivity contribution in [2.75, 3.05) is 0 Å². The summed E-state index contributed by atoms with van der Waals surface area (Å²) in [6, 6.07) is 0. The lowest BCUT2D eigenvalue weighted by molar-refractivity contribution is -0.138. The third kappa shape index (κ3) is 4.27. The fourth-order valence-electron chi connectivity index (χ4n) is 1.91. The number of aliphatic hydroxyl groups excluding tert-OH is 1. The van der Waals surface area contributed by atoms with Gasteiger partial charge in [-0.05, 0) is 25.2 Å². The van der Waals surface area contributed by atoms with Crippen molar-refractivity contribution in [2.24, 2.45) is 11.8 Å². The zero-order valence-corrected chi connectivity index (χ0v) is 8.07. The molecule has 76 valence electrons. The van der Waals surface area contributed by atoms with Crippen LogP contribution in [0.5, 0.6) is 0 Å². The van der Waals surface area contributed by atoms with Crippen molar-refractivity contribution in [3.05, 3.63) is 0 Å². The Bertz CT molecular complexity index is 169. The average molecular weight is 186 g/mol. The van der Waals surface area contributed by atoms with Gasteiger partial charge in [-0.15, -0.1) is 0 Å². The Morgan fingerprint density at radius 1 is 1.46 bits per heavy atom. The van der Waals surface area contributed by atoms with Crippen LogP contribution in [0.15, 0.2) is 0 Å². The van der Waals surface area contributed by atoms with E-state index in [0.717, 1.165) is 0 Å². The highest BCUT2D eigenvalue weighted by molar-refractivity contribution is 5.67. The van der Waals surface area contributed by atoms with Crippen molar-refractivity contribution in [1.29, 1.82) is 0 Å². The van der Waals surface area contributed by atoms with E-state index in [0.29, 0.717) is 0 Å². The standard InChI is InChI=1S/C6H10.C4H8O3/c1-2-5-4-6(5)3-1;1-3(5)2-4(6)7/h5-6H,1-4H2;3,5H,2H2,1H3,(H,6,7). The molecule has 3 atom stereocenters. The van der Waals surface area contributed by atoms with Crippen LogP contribution < -0.4 is 0 Å². The molecule has 3 nitrogen and oxygen atoms in total. The van der Waals surface area contributed by atoms with E-state index in [1.54, 1.807) is 19.3 Å². The molecule has 2 aliphatic carbocycles. The van der Waals surface area contributed by atoms with Crippen LogP contribution in [0.4, 0.5) is 0 Å². The van der Waals surface area contributed by atoms with E-state index in [4.69, 9.17) is 10.2 Å². The molecule has 0 spiro atoms. The van der Waals surface area contributed by atoms with E-state index in [1.165, 1.54) is 25.2 Å². The van der Waals surface area contributed by atoms with E-state index < -0.39 is 12.1 Å². The van der Waals surface area contributed by atoms with Crippen LogP contribution in [-0.4, -0.2) is 22.3 Å². The molecule has 2 N–H and O–H groups in total. The Balaban J connectivity index is 0.000000130. The summed E-state index contributed by atoms with van der Waals surface area (Å²) in [5.41, 5.74) is 0. The van der Waals surface area contributed by atoms with Crippen molar-refractivity contribution in [3.63, 3.8) is 0 Å². The van der Waals surface area contributed by atoms with Gasteiger partial charge in [-0.1, -0.05) is 19.3 Å². The lowest BCUT2D eigenvalue weighted by atomic mass is 10.3. The number of carboxylic acids is 1. The Morgan fingerprint density at radius 3 is 2.08 bits per heavy atom. The Kier molecular flexibility index (Phi) is 3.72. The Morgan fingerprint density at radius 2 is 2.00 bits per heavy atom. The van der Waals surface area contributed by atoms with Crippen molar-refractivity contribution in [1.82, 2.24) is 0 Å². The molecule has 0 aromatic carbocycles. The summed E-state index contributed by atoms with van der Waals surface area (Å²) in [6.07, 6.45) is 5.35. The summed E-state index contributed by atoms with van der Waals surface area (Å²) in [5.74, 6) is 1.46.